The van der Waals surface area contributed by atoms with Gasteiger partial charge in [-0.3, -0.25) is 5.32 Å². The SMILES string of the molecule is O=C(O)Nc1ccc(CBr)c(Cl)c1. The molecule has 1 aromatic rings. The van der Waals surface area contributed by atoms with Crippen molar-refractivity contribution in [2.75, 3.05) is 5.32 Å². The number of halogens is 2. The third-order valence-electron chi connectivity index (χ3n) is 1.45. The monoisotopic (exact) mass is 263 g/mol. The van der Waals surface area contributed by atoms with Gasteiger partial charge in [0.05, 0.1) is 0 Å². The van der Waals surface area contributed by atoms with Crippen molar-refractivity contribution in [3.05, 3.63) is 28.8 Å². The second-order valence-electron chi connectivity index (χ2n) is 2.37. The van der Waals surface area contributed by atoms with Crippen LogP contribution in [-0.2, 0) is 5.33 Å². The Bertz CT molecular complexity index is 330. The number of carbonyl (C=O) groups is 1. The molecule has 5 heteroatoms. The van der Waals surface area contributed by atoms with E-state index < -0.39 is 6.09 Å². The number of rotatable bonds is 2. The van der Waals surface area contributed by atoms with Gasteiger partial charge < -0.3 is 5.11 Å². The average Bonchev–Trinajstić information content (AvgIpc) is 2.03. The van der Waals surface area contributed by atoms with Crippen LogP contribution >= 0.6 is 27.5 Å². The summed E-state index contributed by atoms with van der Waals surface area (Å²) in [5.41, 5.74) is 1.40. The normalized spacial score (nSPS) is 9.69. The highest BCUT2D eigenvalue weighted by Crippen LogP contribution is 2.22. The average molecular weight is 265 g/mol. The van der Waals surface area contributed by atoms with Crippen molar-refractivity contribution in [1.82, 2.24) is 0 Å². The molecular formula is C8H7BrClNO2. The topological polar surface area (TPSA) is 49.3 Å². The fraction of sp³-hybridized carbons (Fsp3) is 0.125. The van der Waals surface area contributed by atoms with Crippen LogP contribution in [0.3, 0.4) is 0 Å². The maximum atomic E-state index is 10.3. The Kier molecular flexibility index (Phi) is 3.57. The van der Waals surface area contributed by atoms with Crippen LogP contribution in [0.1, 0.15) is 5.56 Å². The summed E-state index contributed by atoms with van der Waals surface area (Å²) in [7, 11) is 0. The van der Waals surface area contributed by atoms with E-state index >= 15 is 0 Å². The summed E-state index contributed by atoms with van der Waals surface area (Å²) in [5, 5.41) is 11.8. The van der Waals surface area contributed by atoms with Gasteiger partial charge in [-0.2, -0.15) is 0 Å². The molecule has 1 rings (SSSR count). The summed E-state index contributed by atoms with van der Waals surface area (Å²) in [6.45, 7) is 0. The van der Waals surface area contributed by atoms with Crippen molar-refractivity contribution in [3.63, 3.8) is 0 Å². The first-order valence-electron chi connectivity index (χ1n) is 3.48. The molecule has 3 nitrogen and oxygen atoms in total. The van der Waals surface area contributed by atoms with Gasteiger partial charge in [0.1, 0.15) is 0 Å². The summed E-state index contributed by atoms with van der Waals surface area (Å²) in [4.78, 5) is 10.3. The number of hydrogen-bond donors (Lipinski definition) is 2. The van der Waals surface area contributed by atoms with Gasteiger partial charge in [0.15, 0.2) is 0 Å². The zero-order chi connectivity index (χ0) is 9.84. The molecule has 0 radical (unpaired) electrons. The quantitative estimate of drug-likeness (QED) is 0.805. The maximum absolute atomic E-state index is 10.3. The fourth-order valence-electron chi connectivity index (χ4n) is 0.857. The van der Waals surface area contributed by atoms with E-state index in [0.29, 0.717) is 16.0 Å². The fourth-order valence-corrected chi connectivity index (χ4v) is 1.75. The van der Waals surface area contributed by atoms with Crippen molar-refractivity contribution in [3.8, 4) is 0 Å². The van der Waals surface area contributed by atoms with E-state index in [1.807, 2.05) is 0 Å². The summed E-state index contributed by atoms with van der Waals surface area (Å²) in [6.07, 6.45) is -1.09. The molecule has 0 aliphatic heterocycles. The number of amides is 1. The lowest BCUT2D eigenvalue weighted by atomic mass is 10.2. The number of nitrogens with one attached hydrogen (secondary N) is 1. The molecule has 0 saturated heterocycles. The van der Waals surface area contributed by atoms with E-state index in [4.69, 9.17) is 16.7 Å². The summed E-state index contributed by atoms with van der Waals surface area (Å²) in [5.74, 6) is 0. The molecule has 0 unspecified atom stereocenters. The Morgan fingerprint density at radius 2 is 2.31 bits per heavy atom. The van der Waals surface area contributed by atoms with E-state index in [-0.39, 0.29) is 0 Å². The van der Waals surface area contributed by atoms with Gasteiger partial charge in [-0.05, 0) is 17.7 Å². The largest absolute Gasteiger partial charge is 0.465 e. The van der Waals surface area contributed by atoms with E-state index in [9.17, 15) is 4.79 Å². The number of anilines is 1. The van der Waals surface area contributed by atoms with Crippen LogP contribution in [0.5, 0.6) is 0 Å². The summed E-state index contributed by atoms with van der Waals surface area (Å²) < 4.78 is 0. The maximum Gasteiger partial charge on any atom is 0.409 e. The molecule has 0 heterocycles. The third kappa shape index (κ3) is 2.90. The molecule has 0 fully saturated rings. The van der Waals surface area contributed by atoms with Gasteiger partial charge in [-0.25, -0.2) is 4.79 Å². The summed E-state index contributed by atoms with van der Waals surface area (Å²) in [6, 6.07) is 5.01. The first-order chi connectivity index (χ1) is 6.13. The lowest BCUT2D eigenvalue weighted by Gasteiger charge is -2.03. The van der Waals surface area contributed by atoms with Crippen LogP contribution < -0.4 is 5.32 Å². The molecule has 0 aliphatic carbocycles. The van der Waals surface area contributed by atoms with E-state index in [0.717, 1.165) is 5.56 Å². The standard InChI is InChI=1S/C8H7BrClNO2/c9-4-5-1-2-6(3-7(5)10)11-8(12)13/h1-3,11H,4H2,(H,12,13). The second kappa shape index (κ2) is 4.48. The lowest BCUT2D eigenvalue weighted by Crippen LogP contribution is -2.06. The van der Waals surface area contributed by atoms with Gasteiger partial charge in [-0.15, -0.1) is 0 Å². The highest BCUT2D eigenvalue weighted by atomic mass is 79.9. The van der Waals surface area contributed by atoms with E-state index in [1.165, 1.54) is 0 Å². The molecule has 0 saturated carbocycles. The Balaban J connectivity index is 2.89. The minimum atomic E-state index is -1.09. The molecule has 70 valence electrons. The van der Waals surface area contributed by atoms with Crippen LogP contribution in [0.15, 0.2) is 18.2 Å². The van der Waals surface area contributed by atoms with Crippen LogP contribution in [0.2, 0.25) is 5.02 Å². The van der Waals surface area contributed by atoms with Crippen LogP contribution in [0, 0.1) is 0 Å². The Labute approximate surface area is 88.8 Å². The van der Waals surface area contributed by atoms with E-state index in [2.05, 4.69) is 21.2 Å². The Morgan fingerprint density at radius 3 is 2.77 bits per heavy atom. The zero-order valence-electron chi connectivity index (χ0n) is 6.55. The molecule has 13 heavy (non-hydrogen) atoms. The van der Waals surface area contributed by atoms with Crippen molar-refractivity contribution >= 4 is 39.3 Å². The summed E-state index contributed by atoms with van der Waals surface area (Å²) >= 11 is 9.11. The van der Waals surface area contributed by atoms with Gasteiger partial charge in [-0.1, -0.05) is 33.6 Å². The molecule has 0 atom stereocenters. The van der Waals surface area contributed by atoms with Crippen LogP contribution in [0.25, 0.3) is 0 Å². The third-order valence-corrected chi connectivity index (χ3v) is 2.40. The number of carboxylic acid groups (broad SMARTS) is 1. The zero-order valence-corrected chi connectivity index (χ0v) is 8.89. The Hall–Kier alpha value is -0.740. The first kappa shape index (κ1) is 10.3. The first-order valence-corrected chi connectivity index (χ1v) is 4.97. The molecule has 1 amide bonds. The second-order valence-corrected chi connectivity index (χ2v) is 3.34. The van der Waals surface area contributed by atoms with Crippen molar-refractivity contribution in [2.45, 2.75) is 5.33 Å². The Morgan fingerprint density at radius 1 is 1.62 bits per heavy atom. The predicted molar refractivity (Wildman–Crippen MR) is 55.7 cm³/mol. The van der Waals surface area contributed by atoms with Crippen molar-refractivity contribution in [2.24, 2.45) is 0 Å². The minimum absolute atomic E-state index is 0.474. The number of hydrogen-bond acceptors (Lipinski definition) is 1. The number of benzene rings is 1. The molecule has 0 aliphatic rings. The predicted octanol–water partition coefficient (Wildman–Crippen LogP) is 3.32. The van der Waals surface area contributed by atoms with Gasteiger partial charge in [0.2, 0.25) is 0 Å². The van der Waals surface area contributed by atoms with Gasteiger partial charge in [0.25, 0.3) is 0 Å². The van der Waals surface area contributed by atoms with E-state index in [1.54, 1.807) is 18.2 Å². The highest BCUT2D eigenvalue weighted by Gasteiger charge is 2.02. The highest BCUT2D eigenvalue weighted by molar-refractivity contribution is 9.08. The van der Waals surface area contributed by atoms with Crippen LogP contribution in [0.4, 0.5) is 10.5 Å². The minimum Gasteiger partial charge on any atom is -0.465 e. The van der Waals surface area contributed by atoms with Crippen molar-refractivity contribution < 1.29 is 9.90 Å². The smallest absolute Gasteiger partial charge is 0.409 e. The molecule has 1 aromatic carbocycles. The molecule has 2 N–H and O–H groups in total. The van der Waals surface area contributed by atoms with Gasteiger partial charge in [0, 0.05) is 16.0 Å². The molecule has 0 spiro atoms. The van der Waals surface area contributed by atoms with Crippen molar-refractivity contribution in [1.29, 1.82) is 0 Å². The molecule has 0 aromatic heterocycles. The lowest BCUT2D eigenvalue weighted by molar-refractivity contribution is 0.210. The molecule has 0 bridgehead atoms. The molecular weight excluding hydrogens is 257 g/mol. The van der Waals surface area contributed by atoms with Gasteiger partial charge >= 0.3 is 6.09 Å². The number of alkyl halides is 1. The van der Waals surface area contributed by atoms with Crippen LogP contribution in [-0.4, -0.2) is 11.2 Å².